The zero-order valence-corrected chi connectivity index (χ0v) is 14.9. The fourth-order valence-electron chi connectivity index (χ4n) is 2.68. The third-order valence-electron chi connectivity index (χ3n) is 4.10. The molecule has 0 fully saturated rings. The zero-order chi connectivity index (χ0) is 19.4. The molecule has 26 heavy (non-hydrogen) atoms. The number of halogens is 1. The summed E-state index contributed by atoms with van der Waals surface area (Å²) >= 11 is 0. The number of amides is 2. The molecule has 0 bridgehead atoms. The van der Waals surface area contributed by atoms with Gasteiger partial charge in [0.1, 0.15) is 17.1 Å². The Hall–Kier alpha value is -2.96. The number of hydrogen-bond acceptors (Lipinski definition) is 4. The Morgan fingerprint density at radius 3 is 2.58 bits per heavy atom. The molecular formula is C19H21FN2O4. The monoisotopic (exact) mass is 360 g/mol. The van der Waals surface area contributed by atoms with Crippen molar-refractivity contribution in [3.63, 3.8) is 0 Å². The summed E-state index contributed by atoms with van der Waals surface area (Å²) < 4.78 is 19.2. The summed E-state index contributed by atoms with van der Waals surface area (Å²) in [6.07, 6.45) is 1.78. The second kappa shape index (κ2) is 7.95. The molecule has 1 aromatic carbocycles. The fraction of sp³-hybridized carbons (Fsp3) is 0.316. The first kappa shape index (κ1) is 19.4. The minimum atomic E-state index is -0.813. The van der Waals surface area contributed by atoms with Gasteiger partial charge in [-0.1, -0.05) is 20.3 Å². The number of nitrogens with one attached hydrogen (secondary N) is 1. The highest BCUT2D eigenvalue weighted by atomic mass is 19.1. The predicted octanol–water partition coefficient (Wildman–Crippen LogP) is 3.34. The highest BCUT2D eigenvalue weighted by Gasteiger charge is 2.20. The van der Waals surface area contributed by atoms with E-state index in [0.29, 0.717) is 11.3 Å². The molecule has 2 aromatic rings. The van der Waals surface area contributed by atoms with Gasteiger partial charge in [-0.05, 0) is 43.2 Å². The third-order valence-corrected chi connectivity index (χ3v) is 4.10. The molecule has 7 heteroatoms. The Balaban J connectivity index is 2.35. The SMILES string of the molecule is CCCC(C)c1cc(C)c(C(=O)Nc2cc(C(N)=O)ccc2F)c(=O)o1. The van der Waals surface area contributed by atoms with Crippen LogP contribution in [0, 0.1) is 12.7 Å². The molecule has 0 aliphatic carbocycles. The van der Waals surface area contributed by atoms with Crippen LogP contribution < -0.4 is 16.7 Å². The second-order valence-corrected chi connectivity index (χ2v) is 6.20. The van der Waals surface area contributed by atoms with Crippen LogP contribution in [0.3, 0.4) is 0 Å². The number of carbonyl (C=O) groups is 2. The van der Waals surface area contributed by atoms with Gasteiger partial charge >= 0.3 is 5.63 Å². The lowest BCUT2D eigenvalue weighted by molar-refractivity contribution is 0.0995. The Kier molecular flexibility index (Phi) is 5.92. The summed E-state index contributed by atoms with van der Waals surface area (Å²) in [7, 11) is 0. The number of rotatable bonds is 6. The highest BCUT2D eigenvalue weighted by Crippen LogP contribution is 2.22. The molecule has 3 N–H and O–H groups in total. The van der Waals surface area contributed by atoms with E-state index in [0.717, 1.165) is 25.0 Å². The lowest BCUT2D eigenvalue weighted by atomic mass is 10.0. The van der Waals surface area contributed by atoms with Crippen LogP contribution in [-0.4, -0.2) is 11.8 Å². The first-order valence-corrected chi connectivity index (χ1v) is 8.30. The van der Waals surface area contributed by atoms with Gasteiger partial charge in [0.05, 0.1) is 5.69 Å². The summed E-state index contributed by atoms with van der Waals surface area (Å²) in [4.78, 5) is 35.9. The van der Waals surface area contributed by atoms with Crippen LogP contribution in [0.1, 0.15) is 64.6 Å². The third kappa shape index (κ3) is 4.17. The van der Waals surface area contributed by atoms with Gasteiger partial charge in [-0.3, -0.25) is 9.59 Å². The van der Waals surface area contributed by atoms with E-state index in [1.807, 2.05) is 13.8 Å². The zero-order valence-electron chi connectivity index (χ0n) is 14.9. The van der Waals surface area contributed by atoms with Crippen LogP contribution >= 0.6 is 0 Å². The van der Waals surface area contributed by atoms with E-state index < -0.39 is 23.3 Å². The maximum absolute atomic E-state index is 13.9. The smallest absolute Gasteiger partial charge is 0.349 e. The number of primary amides is 1. The summed E-state index contributed by atoms with van der Waals surface area (Å²) in [5.74, 6) is -1.77. The minimum absolute atomic E-state index is 0.0363. The molecule has 0 aliphatic heterocycles. The maximum atomic E-state index is 13.9. The van der Waals surface area contributed by atoms with Crippen molar-refractivity contribution in [1.82, 2.24) is 0 Å². The van der Waals surface area contributed by atoms with Gasteiger partial charge in [0.2, 0.25) is 5.91 Å². The summed E-state index contributed by atoms with van der Waals surface area (Å²) in [6.45, 7) is 5.58. The Bertz CT molecular complexity index is 905. The molecule has 0 saturated carbocycles. The molecule has 2 rings (SSSR count). The Labute approximate surface area is 150 Å². The number of anilines is 1. The van der Waals surface area contributed by atoms with Gasteiger partial charge in [-0.15, -0.1) is 0 Å². The lowest BCUT2D eigenvalue weighted by Crippen LogP contribution is -2.24. The van der Waals surface area contributed by atoms with Crippen molar-refractivity contribution in [1.29, 1.82) is 0 Å². The minimum Gasteiger partial charge on any atom is -0.427 e. The normalized spacial score (nSPS) is 11.8. The van der Waals surface area contributed by atoms with Crippen LogP contribution in [0.5, 0.6) is 0 Å². The van der Waals surface area contributed by atoms with E-state index in [2.05, 4.69) is 5.32 Å². The highest BCUT2D eigenvalue weighted by molar-refractivity contribution is 6.05. The van der Waals surface area contributed by atoms with E-state index in [4.69, 9.17) is 10.2 Å². The van der Waals surface area contributed by atoms with Gasteiger partial charge in [0, 0.05) is 11.5 Å². The van der Waals surface area contributed by atoms with Gasteiger partial charge in [0.15, 0.2) is 0 Å². The van der Waals surface area contributed by atoms with Gasteiger partial charge in [0.25, 0.3) is 5.91 Å². The average molecular weight is 360 g/mol. The largest absolute Gasteiger partial charge is 0.427 e. The molecule has 1 aromatic heterocycles. The molecule has 1 heterocycles. The predicted molar refractivity (Wildman–Crippen MR) is 95.9 cm³/mol. The molecule has 1 atom stereocenters. The first-order valence-electron chi connectivity index (χ1n) is 8.30. The quantitative estimate of drug-likeness (QED) is 0.824. The van der Waals surface area contributed by atoms with Gasteiger partial charge in [-0.25, -0.2) is 9.18 Å². The molecular weight excluding hydrogens is 339 g/mol. The van der Waals surface area contributed by atoms with Crippen molar-refractivity contribution in [2.75, 3.05) is 5.32 Å². The molecule has 0 saturated heterocycles. The second-order valence-electron chi connectivity index (χ2n) is 6.20. The van der Waals surface area contributed by atoms with Crippen molar-refractivity contribution >= 4 is 17.5 Å². The van der Waals surface area contributed by atoms with E-state index in [1.54, 1.807) is 13.0 Å². The Morgan fingerprint density at radius 1 is 1.31 bits per heavy atom. The van der Waals surface area contributed by atoms with Crippen LogP contribution in [-0.2, 0) is 0 Å². The van der Waals surface area contributed by atoms with Crippen molar-refractivity contribution in [2.45, 2.75) is 39.5 Å². The van der Waals surface area contributed by atoms with Crippen molar-refractivity contribution < 1.29 is 18.4 Å². The molecule has 2 amide bonds. The van der Waals surface area contributed by atoms with Crippen LogP contribution in [0.4, 0.5) is 10.1 Å². The molecule has 1 unspecified atom stereocenters. The van der Waals surface area contributed by atoms with Gasteiger partial charge < -0.3 is 15.5 Å². The molecule has 0 spiro atoms. The average Bonchev–Trinajstić information content (AvgIpc) is 2.56. The van der Waals surface area contributed by atoms with E-state index >= 15 is 0 Å². The fourth-order valence-corrected chi connectivity index (χ4v) is 2.68. The number of nitrogens with two attached hydrogens (primary N) is 1. The van der Waals surface area contributed by atoms with E-state index in [-0.39, 0.29) is 22.7 Å². The first-order chi connectivity index (χ1) is 12.2. The number of carbonyl (C=O) groups excluding carboxylic acids is 2. The lowest BCUT2D eigenvalue weighted by Gasteiger charge is -2.12. The topological polar surface area (TPSA) is 102 Å². The number of benzene rings is 1. The summed E-state index contributed by atoms with van der Waals surface area (Å²) in [5, 5.41) is 2.30. The molecule has 6 nitrogen and oxygen atoms in total. The summed E-state index contributed by atoms with van der Waals surface area (Å²) in [6, 6.07) is 4.98. The van der Waals surface area contributed by atoms with Crippen LogP contribution in [0.15, 0.2) is 33.5 Å². The standard InChI is InChI=1S/C19H21FN2O4/c1-4-5-10(2)15-8-11(3)16(19(25)26-15)18(24)22-14-9-12(17(21)23)6-7-13(14)20/h6-10H,4-5H2,1-3H3,(H2,21,23)(H,22,24). The van der Waals surface area contributed by atoms with Crippen molar-refractivity contribution in [3.8, 4) is 0 Å². The molecule has 0 aliphatic rings. The van der Waals surface area contributed by atoms with Crippen LogP contribution in [0.25, 0.3) is 0 Å². The van der Waals surface area contributed by atoms with E-state index in [9.17, 15) is 18.8 Å². The van der Waals surface area contributed by atoms with E-state index in [1.165, 1.54) is 6.07 Å². The van der Waals surface area contributed by atoms with Crippen molar-refractivity contribution in [2.24, 2.45) is 5.73 Å². The molecule has 0 radical (unpaired) electrons. The maximum Gasteiger partial charge on any atom is 0.349 e. The van der Waals surface area contributed by atoms with Crippen molar-refractivity contribution in [3.05, 3.63) is 63.0 Å². The summed E-state index contributed by atoms with van der Waals surface area (Å²) in [5.41, 5.74) is 4.39. The van der Waals surface area contributed by atoms with Gasteiger partial charge in [-0.2, -0.15) is 0 Å². The van der Waals surface area contributed by atoms with Crippen LogP contribution in [0.2, 0.25) is 0 Å². The Morgan fingerprint density at radius 2 is 2.00 bits per heavy atom. The number of hydrogen-bond donors (Lipinski definition) is 2. The number of aryl methyl sites for hydroxylation is 1. The molecule has 138 valence electrons.